The van der Waals surface area contributed by atoms with Gasteiger partial charge < -0.3 is 24.8 Å². The Morgan fingerprint density at radius 1 is 1.15 bits per heavy atom. The predicted molar refractivity (Wildman–Crippen MR) is 146 cm³/mol. The number of hydrogen-bond acceptors (Lipinski definition) is 5. The van der Waals surface area contributed by atoms with Gasteiger partial charge in [-0.2, -0.15) is 4.57 Å². The van der Waals surface area contributed by atoms with Crippen LogP contribution in [0.3, 0.4) is 0 Å². The number of pyridine rings is 2. The van der Waals surface area contributed by atoms with Gasteiger partial charge in [0, 0.05) is 56.4 Å². The number of hydrogen-bond donors (Lipinski definition) is 2. The largest absolute Gasteiger partial charge is 0.477 e. The van der Waals surface area contributed by atoms with Gasteiger partial charge >= 0.3 is 5.97 Å². The van der Waals surface area contributed by atoms with Crippen LogP contribution in [0, 0.1) is 5.82 Å². The zero-order chi connectivity index (χ0) is 28.4. The molecule has 11 heteroatoms. The Morgan fingerprint density at radius 3 is 2.58 bits per heavy atom. The van der Waals surface area contributed by atoms with E-state index in [1.54, 1.807) is 44.6 Å². The summed E-state index contributed by atoms with van der Waals surface area (Å²) >= 11 is 0. The minimum absolute atomic E-state index is 0.0540. The molecule has 10 nitrogen and oxygen atoms in total. The van der Waals surface area contributed by atoms with Crippen LogP contribution >= 0.6 is 0 Å². The summed E-state index contributed by atoms with van der Waals surface area (Å²) in [6.45, 7) is 4.33. The smallest absolute Gasteiger partial charge is 0.341 e. The van der Waals surface area contributed by atoms with Crippen molar-refractivity contribution in [3.8, 4) is 0 Å². The van der Waals surface area contributed by atoms with Gasteiger partial charge in [-0.05, 0) is 37.5 Å². The van der Waals surface area contributed by atoms with Crippen LogP contribution in [0.2, 0.25) is 0 Å². The van der Waals surface area contributed by atoms with E-state index in [-0.39, 0.29) is 35.4 Å². The zero-order valence-electron chi connectivity index (χ0n) is 22.4. The Labute approximate surface area is 230 Å². The van der Waals surface area contributed by atoms with E-state index in [1.165, 1.54) is 6.20 Å². The van der Waals surface area contributed by atoms with Gasteiger partial charge in [0.1, 0.15) is 16.9 Å². The molecule has 2 aromatic heterocycles. The van der Waals surface area contributed by atoms with E-state index in [9.17, 15) is 24.3 Å². The quantitative estimate of drug-likeness (QED) is 0.312. The van der Waals surface area contributed by atoms with Gasteiger partial charge in [0.25, 0.3) is 11.8 Å². The van der Waals surface area contributed by atoms with Crippen LogP contribution in [-0.2, 0) is 11.3 Å². The molecule has 0 bridgehead atoms. The molecule has 1 saturated carbocycles. The summed E-state index contributed by atoms with van der Waals surface area (Å²) in [4.78, 5) is 53.3. The molecule has 0 unspecified atom stereocenters. The fraction of sp³-hybridized carbons (Fsp3) is 0.414. The summed E-state index contributed by atoms with van der Waals surface area (Å²) < 4.78 is 18.7. The number of carbonyl (C=O) groups excluding carboxylic acids is 2. The van der Waals surface area contributed by atoms with Crippen molar-refractivity contribution in [2.45, 2.75) is 45.2 Å². The maximum atomic E-state index is 15.3. The van der Waals surface area contributed by atoms with E-state index in [2.05, 4.69) is 12.2 Å². The molecule has 2 aliphatic rings. The number of anilines is 1. The van der Waals surface area contributed by atoms with Crippen molar-refractivity contribution in [3.63, 3.8) is 0 Å². The summed E-state index contributed by atoms with van der Waals surface area (Å²) in [6.07, 6.45) is 8.42. The number of halogens is 1. The van der Waals surface area contributed by atoms with Gasteiger partial charge in [0.2, 0.25) is 12.0 Å². The SMILES string of the molecule is CCCCNC(=O)C[n+]1cccc(C(=O)N2CCN(c3cc4c(cc3F)c(=O)c(C(=O)O)cn4C3CC3)CC2)c1. The van der Waals surface area contributed by atoms with Gasteiger partial charge in [-0.15, -0.1) is 0 Å². The Morgan fingerprint density at radius 2 is 1.90 bits per heavy atom. The van der Waals surface area contributed by atoms with Crippen LogP contribution < -0.4 is 20.2 Å². The molecule has 1 aliphatic carbocycles. The summed E-state index contributed by atoms with van der Waals surface area (Å²) in [5.74, 6) is -2.20. The van der Waals surface area contributed by atoms with E-state index in [0.29, 0.717) is 49.5 Å². The maximum absolute atomic E-state index is 15.3. The fourth-order valence-electron chi connectivity index (χ4n) is 5.11. The molecule has 1 saturated heterocycles. The zero-order valence-corrected chi connectivity index (χ0v) is 22.4. The van der Waals surface area contributed by atoms with Crippen molar-refractivity contribution in [1.82, 2.24) is 14.8 Å². The predicted octanol–water partition coefficient (Wildman–Crippen LogP) is 2.34. The van der Waals surface area contributed by atoms with Crippen molar-refractivity contribution in [2.75, 3.05) is 37.6 Å². The summed E-state index contributed by atoms with van der Waals surface area (Å²) in [5.41, 5.74) is 0.247. The third kappa shape index (κ3) is 5.68. The molecule has 0 radical (unpaired) electrons. The Balaban J connectivity index is 1.30. The second kappa shape index (κ2) is 11.4. The van der Waals surface area contributed by atoms with Crippen molar-refractivity contribution in [1.29, 1.82) is 0 Å². The van der Waals surface area contributed by atoms with E-state index >= 15 is 4.39 Å². The van der Waals surface area contributed by atoms with Gasteiger partial charge in [0.05, 0.1) is 11.2 Å². The van der Waals surface area contributed by atoms with Gasteiger partial charge in [-0.25, -0.2) is 9.18 Å². The number of rotatable bonds is 9. The molecule has 1 aliphatic heterocycles. The Bertz CT molecular complexity index is 1530. The average Bonchev–Trinajstić information content (AvgIpc) is 3.79. The number of nitrogens with one attached hydrogen (secondary N) is 1. The number of benzene rings is 1. The van der Waals surface area contributed by atoms with Gasteiger partial charge in [0.15, 0.2) is 12.4 Å². The third-order valence-corrected chi connectivity index (χ3v) is 7.46. The van der Waals surface area contributed by atoms with Crippen molar-refractivity contribution in [3.05, 3.63) is 70.0 Å². The van der Waals surface area contributed by atoms with Gasteiger partial charge in [-0.3, -0.25) is 14.4 Å². The molecule has 3 aromatic rings. The third-order valence-electron chi connectivity index (χ3n) is 7.46. The second-order valence-electron chi connectivity index (χ2n) is 10.4. The number of aromatic carboxylic acids is 1. The first-order chi connectivity index (χ1) is 19.3. The van der Waals surface area contributed by atoms with Crippen LogP contribution in [0.5, 0.6) is 0 Å². The Hall–Kier alpha value is -4.28. The first kappa shape index (κ1) is 27.3. The monoisotopic (exact) mass is 550 g/mol. The summed E-state index contributed by atoms with van der Waals surface area (Å²) in [7, 11) is 0. The number of fused-ring (bicyclic) bond motifs is 1. The number of carbonyl (C=O) groups is 3. The molecule has 40 heavy (non-hydrogen) atoms. The highest BCUT2D eigenvalue weighted by atomic mass is 19.1. The molecule has 1 aromatic carbocycles. The lowest BCUT2D eigenvalue weighted by Crippen LogP contribution is -2.49. The van der Waals surface area contributed by atoms with E-state index in [1.807, 2.05) is 4.90 Å². The number of piperazine rings is 1. The molecule has 3 heterocycles. The summed E-state index contributed by atoms with van der Waals surface area (Å²) in [6, 6.07) is 6.30. The summed E-state index contributed by atoms with van der Waals surface area (Å²) in [5, 5.41) is 12.4. The van der Waals surface area contributed by atoms with Crippen molar-refractivity contribution >= 4 is 34.4 Å². The first-order valence-electron chi connectivity index (χ1n) is 13.7. The molecule has 0 atom stereocenters. The number of nitrogens with zero attached hydrogens (tertiary/aromatic N) is 4. The average molecular weight is 551 g/mol. The standard InChI is InChI=1S/C29H32FN5O5/c1-2-3-8-31-26(36)18-32-9-4-5-19(16-32)28(38)34-12-10-33(11-13-34)25-15-24-21(14-23(25)30)27(37)22(29(39)40)17-35(24)20-6-7-20/h4-5,9,14-17,20H,2-3,6-8,10-13,18H2,1H3,(H-,31,36,39,40)/p+1. The van der Waals surface area contributed by atoms with E-state index in [0.717, 1.165) is 31.7 Å². The molecule has 2 fully saturated rings. The minimum atomic E-state index is -1.33. The topological polar surface area (TPSA) is 116 Å². The molecular weight excluding hydrogens is 517 g/mol. The fourth-order valence-corrected chi connectivity index (χ4v) is 5.11. The van der Waals surface area contributed by atoms with E-state index in [4.69, 9.17) is 0 Å². The van der Waals surface area contributed by atoms with Crippen LogP contribution in [0.4, 0.5) is 10.1 Å². The van der Waals surface area contributed by atoms with Gasteiger partial charge in [-0.1, -0.05) is 13.3 Å². The van der Waals surface area contributed by atoms with E-state index < -0.39 is 17.2 Å². The molecule has 0 spiro atoms. The normalized spacial score (nSPS) is 15.3. The molecule has 210 valence electrons. The molecular formula is C29H33FN5O5+. The number of amides is 2. The molecule has 2 N–H and O–H groups in total. The highest BCUT2D eigenvalue weighted by Crippen LogP contribution is 2.38. The number of aromatic nitrogens is 2. The van der Waals surface area contributed by atoms with Crippen molar-refractivity contribution < 1.29 is 28.4 Å². The first-order valence-corrected chi connectivity index (χ1v) is 13.7. The van der Waals surface area contributed by atoms with Crippen LogP contribution in [0.25, 0.3) is 10.9 Å². The second-order valence-corrected chi connectivity index (χ2v) is 10.4. The lowest BCUT2D eigenvalue weighted by molar-refractivity contribution is -0.684. The highest BCUT2D eigenvalue weighted by molar-refractivity contribution is 5.94. The highest BCUT2D eigenvalue weighted by Gasteiger charge is 2.29. The van der Waals surface area contributed by atoms with Crippen LogP contribution in [-0.4, -0.2) is 65.1 Å². The Kier molecular flexibility index (Phi) is 7.81. The number of unbranched alkanes of at least 4 members (excludes halogenated alkanes) is 1. The molecule has 5 rings (SSSR count). The van der Waals surface area contributed by atoms with Crippen LogP contribution in [0.15, 0.2) is 47.7 Å². The van der Waals surface area contributed by atoms with Crippen molar-refractivity contribution in [2.24, 2.45) is 0 Å². The number of carboxylic acid groups (broad SMARTS) is 1. The lowest BCUT2D eigenvalue weighted by Gasteiger charge is -2.36. The van der Waals surface area contributed by atoms with Crippen LogP contribution in [0.1, 0.15) is 59.4 Å². The lowest BCUT2D eigenvalue weighted by atomic mass is 10.1. The minimum Gasteiger partial charge on any atom is -0.477 e. The molecule has 2 amide bonds. The number of carboxylic acids is 1. The maximum Gasteiger partial charge on any atom is 0.341 e.